The van der Waals surface area contributed by atoms with Crippen LogP contribution in [0.15, 0.2) is 337 Å². The van der Waals surface area contributed by atoms with E-state index in [2.05, 4.69) is 340 Å². The molecule has 22 rings (SSSR count). The molecule has 0 atom stereocenters. The van der Waals surface area contributed by atoms with Crippen molar-refractivity contribution in [1.82, 2.24) is 0 Å². The minimum absolute atomic E-state index is 0.667. The second-order valence-electron chi connectivity index (χ2n) is 26.5. The molecule has 0 aliphatic carbocycles. The fourth-order valence-electron chi connectivity index (χ4n) is 17.5. The largest absolute Gasteiger partial charge is 0.569 e. The first-order chi connectivity index (χ1) is 50.4. The van der Waals surface area contributed by atoms with Crippen LogP contribution in [0.3, 0.4) is 0 Å². The fourth-order valence-corrected chi connectivity index (χ4v) is 19.0. The normalized spacial score (nSPS) is 11.9. The van der Waals surface area contributed by atoms with Crippen LogP contribution >= 0.6 is 54.5 Å². The molecular weight excluding hydrogens is 1480 g/mol. The molecule has 1 N–H and O–H groups in total. The number of fused-ring (bicyclic) bond motifs is 14. The summed E-state index contributed by atoms with van der Waals surface area (Å²) < 4.78 is 8.51. The molecule has 475 valence electrons. The molecule has 22 aromatic carbocycles. The number of halogens is 3. The Morgan fingerprint density at radius 1 is 0.225 bits per heavy atom. The maximum atomic E-state index is 8.53. The molecular formula is C96H55BBr2IO2. The molecule has 0 saturated heterocycles. The van der Waals surface area contributed by atoms with E-state index in [4.69, 9.17) is 9.68 Å². The smallest absolute Gasteiger partial charge is 0.537 e. The standard InChI is InChI=1S/C48H27Br.C38H20BrI.C10H8BO2/c49-40-27-26-39-44-35(40)21-11-23-37(44)46-42(30-15-5-2-6-16-30)47-38-25-24-33(32-19-9-17-28-12-7-8-18-31(28)32)34-20-10-22-36(43(34)38)45(47)41(48(39)46)29-13-3-1-4-14-29;39-29-19-17-27-33-23(29)13-7-15-25(33)35-31(21-9-3-1-4-10-21)38-28-18-20-30(40)24-14-8-16-26(34(24)28)36(38)32(37(27)35)22-11-5-2-6-12-22;12-11-13-10-7-3-5-8-4-1-2-6-9(8)10/h1-27H;1-20H;1-7,12H. The van der Waals surface area contributed by atoms with Crippen LogP contribution in [0.1, 0.15) is 0 Å². The van der Waals surface area contributed by atoms with Gasteiger partial charge >= 0.3 is 7.69 Å². The van der Waals surface area contributed by atoms with E-state index in [9.17, 15) is 0 Å². The Balaban J connectivity index is 0.000000118. The minimum atomic E-state index is 0.667. The van der Waals surface area contributed by atoms with Gasteiger partial charge in [0.25, 0.3) is 0 Å². The molecule has 0 aliphatic heterocycles. The Morgan fingerprint density at radius 3 is 0.951 bits per heavy atom. The monoisotopic (exact) mass is 1540 g/mol. The Morgan fingerprint density at radius 2 is 0.510 bits per heavy atom. The third-order valence-electron chi connectivity index (χ3n) is 21.4. The van der Waals surface area contributed by atoms with E-state index in [0.29, 0.717) is 13.4 Å². The van der Waals surface area contributed by atoms with E-state index in [1.54, 1.807) is 0 Å². The number of benzene rings is 18. The predicted octanol–water partition coefficient (Wildman–Crippen LogP) is 28.3. The Hall–Kier alpha value is -11.0. The summed E-state index contributed by atoms with van der Waals surface area (Å²) in [6.07, 6.45) is 0. The summed E-state index contributed by atoms with van der Waals surface area (Å²) in [6, 6.07) is 119. The lowest BCUT2D eigenvalue weighted by atomic mass is 9.87. The fraction of sp³-hybridized carbons (Fsp3) is 0. The molecule has 2 nitrogen and oxygen atoms in total. The summed E-state index contributed by atoms with van der Waals surface area (Å²) in [7, 11) is 0.696. The maximum absolute atomic E-state index is 8.53. The average Bonchev–Trinajstić information content (AvgIpc) is 1.52. The Kier molecular flexibility index (Phi) is 14.6. The van der Waals surface area contributed by atoms with Crippen molar-refractivity contribution in [2.45, 2.75) is 0 Å². The quantitative estimate of drug-likeness (QED) is 0.127. The molecule has 0 saturated carbocycles. The van der Waals surface area contributed by atoms with Gasteiger partial charge in [0.2, 0.25) is 0 Å². The molecule has 1 radical (unpaired) electrons. The molecule has 6 heteroatoms. The summed E-state index contributed by atoms with van der Waals surface area (Å²) in [5, 5.41) is 45.0. The third-order valence-corrected chi connectivity index (χ3v) is 23.7. The molecule has 0 bridgehead atoms. The highest BCUT2D eigenvalue weighted by atomic mass is 127. The molecule has 102 heavy (non-hydrogen) atoms. The molecule has 0 heterocycles. The zero-order valence-corrected chi connectivity index (χ0v) is 60.1. The summed E-state index contributed by atoms with van der Waals surface area (Å²) in [5.74, 6) is 0.667. The van der Waals surface area contributed by atoms with E-state index in [0.717, 1.165) is 19.7 Å². The summed E-state index contributed by atoms with van der Waals surface area (Å²) in [5.41, 5.74) is 12.9. The van der Waals surface area contributed by atoms with Crippen molar-refractivity contribution in [3.63, 3.8) is 0 Å². The lowest BCUT2D eigenvalue weighted by Crippen LogP contribution is -1.99. The summed E-state index contributed by atoms with van der Waals surface area (Å²) in [6.45, 7) is 0. The van der Waals surface area contributed by atoms with Crippen LogP contribution in [0.4, 0.5) is 0 Å². The maximum Gasteiger partial charge on any atom is 0.569 e. The lowest BCUT2D eigenvalue weighted by Gasteiger charge is -2.15. The SMILES string of the molecule is Brc1ccc2c3c(-c4ccccc4)c4c5cccc6c(-c7cccc8ccccc78)ccc(c4c(-c4ccccc4)c3c3cccc1c23)c65.Brc1ccc2c3c(-c4ccccc4)c4c5cccc6c(I)ccc(c4c(-c4ccccc4)c3c3cccc1c23)c65.O[B]Oc1cccc2ccccc12. The molecule has 0 aromatic heterocycles. The van der Waals surface area contributed by atoms with Crippen molar-refractivity contribution < 1.29 is 9.68 Å². The first-order valence-corrected chi connectivity index (χ1v) is 37.1. The highest BCUT2D eigenvalue weighted by Gasteiger charge is 2.31. The van der Waals surface area contributed by atoms with Gasteiger partial charge in [0.05, 0.1) is 0 Å². The van der Waals surface area contributed by atoms with E-state index in [-0.39, 0.29) is 0 Å². The van der Waals surface area contributed by atoms with Crippen LogP contribution in [0.5, 0.6) is 5.75 Å². The molecule has 22 aromatic rings. The van der Waals surface area contributed by atoms with Gasteiger partial charge < -0.3 is 9.68 Å². The van der Waals surface area contributed by atoms with E-state index < -0.39 is 0 Å². The highest BCUT2D eigenvalue weighted by Crippen LogP contribution is 2.59. The van der Waals surface area contributed by atoms with Gasteiger partial charge in [0, 0.05) is 17.9 Å². The van der Waals surface area contributed by atoms with Crippen LogP contribution in [0.25, 0.3) is 206 Å². The van der Waals surface area contributed by atoms with Gasteiger partial charge in [-0.15, -0.1) is 0 Å². The number of hydrogen-bond acceptors (Lipinski definition) is 2. The first kappa shape index (κ1) is 60.9. The first-order valence-electron chi connectivity index (χ1n) is 34.4. The van der Waals surface area contributed by atoms with Crippen LogP contribution in [-0.4, -0.2) is 12.7 Å². The molecule has 0 fully saturated rings. The van der Waals surface area contributed by atoms with Crippen LogP contribution in [0, 0.1) is 3.57 Å². The lowest BCUT2D eigenvalue weighted by molar-refractivity contribution is 0.456. The average molecular weight is 1540 g/mol. The van der Waals surface area contributed by atoms with Gasteiger partial charge in [-0.1, -0.05) is 335 Å². The second-order valence-corrected chi connectivity index (χ2v) is 29.4. The van der Waals surface area contributed by atoms with Crippen molar-refractivity contribution in [1.29, 1.82) is 0 Å². The molecule has 0 amide bonds. The van der Waals surface area contributed by atoms with Crippen molar-refractivity contribution in [2.75, 3.05) is 0 Å². The van der Waals surface area contributed by atoms with Gasteiger partial charge in [-0.05, 0) is 248 Å². The molecule has 0 spiro atoms. The van der Waals surface area contributed by atoms with E-state index in [1.165, 1.54) is 199 Å². The van der Waals surface area contributed by atoms with Crippen LogP contribution < -0.4 is 4.65 Å². The van der Waals surface area contributed by atoms with Gasteiger partial charge in [0.15, 0.2) is 0 Å². The van der Waals surface area contributed by atoms with Crippen molar-refractivity contribution in [3.8, 4) is 61.4 Å². The topological polar surface area (TPSA) is 29.5 Å². The van der Waals surface area contributed by atoms with Gasteiger partial charge in [-0.2, -0.15) is 0 Å². The van der Waals surface area contributed by atoms with Crippen LogP contribution in [-0.2, 0) is 0 Å². The zero-order valence-electron chi connectivity index (χ0n) is 54.7. The van der Waals surface area contributed by atoms with Crippen molar-refractivity contribution in [3.05, 3.63) is 340 Å². The minimum Gasteiger partial charge on any atom is -0.537 e. The van der Waals surface area contributed by atoms with Gasteiger partial charge in [-0.3, -0.25) is 0 Å². The molecule has 0 aliphatic rings. The number of rotatable bonds is 7. The van der Waals surface area contributed by atoms with E-state index in [1.807, 2.05) is 42.5 Å². The highest BCUT2D eigenvalue weighted by molar-refractivity contribution is 14.1. The van der Waals surface area contributed by atoms with Crippen LogP contribution in [0.2, 0.25) is 0 Å². The van der Waals surface area contributed by atoms with Crippen molar-refractivity contribution >= 4 is 213 Å². The summed E-state index contributed by atoms with van der Waals surface area (Å²) >= 11 is 10.3. The zero-order chi connectivity index (χ0) is 67.8. The number of hydrogen-bond donors (Lipinski definition) is 1. The van der Waals surface area contributed by atoms with Crippen molar-refractivity contribution in [2.24, 2.45) is 0 Å². The van der Waals surface area contributed by atoms with Gasteiger partial charge in [-0.25, -0.2) is 0 Å². The molecule has 0 unspecified atom stereocenters. The van der Waals surface area contributed by atoms with Gasteiger partial charge in [0.1, 0.15) is 5.75 Å². The Bertz CT molecular complexity index is 6750. The summed E-state index contributed by atoms with van der Waals surface area (Å²) in [4.78, 5) is 0. The third kappa shape index (κ3) is 9.19. The Labute approximate surface area is 618 Å². The predicted molar refractivity (Wildman–Crippen MR) is 453 cm³/mol. The second kappa shape index (κ2) is 24.4. The van der Waals surface area contributed by atoms with E-state index >= 15 is 0 Å².